The third-order valence-electron chi connectivity index (χ3n) is 5.63. The lowest BCUT2D eigenvalue weighted by atomic mass is 9.96. The fraction of sp³-hybridized carbons (Fsp3) is 0.240. The highest BCUT2D eigenvalue weighted by Crippen LogP contribution is 2.32. The van der Waals surface area contributed by atoms with Gasteiger partial charge in [0.15, 0.2) is 0 Å². The van der Waals surface area contributed by atoms with Gasteiger partial charge in [0.2, 0.25) is 0 Å². The number of aliphatic hydroxyl groups is 1. The third-order valence-corrected chi connectivity index (χ3v) is 5.63. The fourth-order valence-electron chi connectivity index (χ4n) is 3.86. The second-order valence-corrected chi connectivity index (χ2v) is 7.84. The van der Waals surface area contributed by atoms with E-state index in [2.05, 4.69) is 16.6 Å². The predicted molar refractivity (Wildman–Crippen MR) is 121 cm³/mol. The van der Waals surface area contributed by atoms with Crippen LogP contribution in [0.2, 0.25) is 0 Å². The number of nitrogens with one attached hydrogen (secondary N) is 1. The van der Waals surface area contributed by atoms with Gasteiger partial charge in [0.25, 0.3) is 0 Å². The number of aryl methyl sites for hydroxylation is 1. The van der Waals surface area contributed by atoms with E-state index >= 15 is 0 Å². The van der Waals surface area contributed by atoms with E-state index in [1.165, 1.54) is 0 Å². The first-order valence-corrected chi connectivity index (χ1v) is 10.5. The summed E-state index contributed by atoms with van der Waals surface area (Å²) >= 11 is 0. The highest BCUT2D eigenvalue weighted by molar-refractivity contribution is 5.88. The van der Waals surface area contributed by atoms with Gasteiger partial charge in [-0.25, -0.2) is 4.79 Å². The van der Waals surface area contributed by atoms with Gasteiger partial charge in [-0.05, 0) is 76.7 Å². The van der Waals surface area contributed by atoms with E-state index in [0.29, 0.717) is 24.3 Å². The van der Waals surface area contributed by atoms with Gasteiger partial charge in [-0.2, -0.15) is 0 Å². The van der Waals surface area contributed by atoms with Crippen LogP contribution in [0.3, 0.4) is 0 Å². The average Bonchev–Trinajstić information content (AvgIpc) is 2.83. The second kappa shape index (κ2) is 9.72. The van der Waals surface area contributed by atoms with Crippen LogP contribution in [-0.2, 0) is 6.42 Å². The van der Waals surface area contributed by atoms with Crippen molar-refractivity contribution in [2.45, 2.75) is 25.0 Å². The van der Waals surface area contributed by atoms with E-state index in [9.17, 15) is 14.8 Å². The molecule has 0 saturated carbocycles. The summed E-state index contributed by atoms with van der Waals surface area (Å²) in [7, 11) is 0. The lowest BCUT2D eigenvalue weighted by Gasteiger charge is -2.27. The number of ether oxygens (including phenoxy) is 1. The van der Waals surface area contributed by atoms with Crippen LogP contribution in [-0.4, -0.2) is 35.4 Å². The van der Waals surface area contributed by atoms with Gasteiger partial charge in [0, 0.05) is 13.1 Å². The molecule has 3 N–H and O–H groups in total. The number of hydrogen-bond acceptors (Lipinski definition) is 6. The van der Waals surface area contributed by atoms with Crippen molar-refractivity contribution in [3.63, 3.8) is 0 Å². The summed E-state index contributed by atoms with van der Waals surface area (Å²) < 4.78 is 6.12. The first-order chi connectivity index (χ1) is 15.5. The molecule has 0 fully saturated rings. The molecule has 0 aromatic heterocycles. The largest absolute Gasteiger partial charge is 0.489 e. The fourth-order valence-corrected chi connectivity index (χ4v) is 3.86. The van der Waals surface area contributed by atoms with Crippen LogP contribution in [0.4, 0.5) is 5.69 Å². The van der Waals surface area contributed by atoms with Crippen LogP contribution in [0.1, 0.15) is 34.0 Å². The number of benzene rings is 3. The smallest absolute Gasteiger partial charge is 0.335 e. The van der Waals surface area contributed by atoms with Gasteiger partial charge in [0.05, 0.1) is 11.7 Å². The number of fused-ring (bicyclic) bond motifs is 1. The van der Waals surface area contributed by atoms with Crippen LogP contribution in [0.15, 0.2) is 71.9 Å². The van der Waals surface area contributed by atoms with Gasteiger partial charge < -0.3 is 20.3 Å². The van der Waals surface area contributed by atoms with Crippen molar-refractivity contribution in [1.82, 2.24) is 5.32 Å². The topological polar surface area (TPSA) is 108 Å². The molecule has 0 amide bonds. The predicted octanol–water partition coefficient (Wildman–Crippen LogP) is 4.47. The van der Waals surface area contributed by atoms with Crippen molar-refractivity contribution in [3.8, 4) is 16.9 Å². The molecule has 1 aliphatic heterocycles. The van der Waals surface area contributed by atoms with Crippen molar-refractivity contribution in [3.05, 3.63) is 88.3 Å². The Balaban J connectivity index is 1.33. The molecule has 0 spiro atoms. The Morgan fingerprint density at radius 2 is 1.88 bits per heavy atom. The molecule has 2 atom stereocenters. The van der Waals surface area contributed by atoms with Crippen LogP contribution in [0.25, 0.3) is 11.1 Å². The molecule has 0 aliphatic carbocycles. The van der Waals surface area contributed by atoms with E-state index in [0.717, 1.165) is 35.3 Å². The number of carbonyl (C=O) groups is 1. The van der Waals surface area contributed by atoms with E-state index in [-0.39, 0.29) is 11.7 Å². The highest BCUT2D eigenvalue weighted by Gasteiger charge is 2.20. The molecule has 7 nitrogen and oxygen atoms in total. The Kier molecular flexibility index (Phi) is 6.58. The first kappa shape index (κ1) is 21.7. The number of nitroso groups, excluding NO2 is 1. The van der Waals surface area contributed by atoms with Crippen molar-refractivity contribution >= 4 is 11.7 Å². The minimum atomic E-state index is -0.936. The van der Waals surface area contributed by atoms with Gasteiger partial charge in [0.1, 0.15) is 17.5 Å². The summed E-state index contributed by atoms with van der Waals surface area (Å²) in [5, 5.41) is 25.5. The molecule has 0 radical (unpaired) electrons. The highest BCUT2D eigenvalue weighted by atomic mass is 16.5. The summed E-state index contributed by atoms with van der Waals surface area (Å²) in [5.41, 5.74) is 4.32. The molecule has 1 unspecified atom stereocenters. The minimum Gasteiger partial charge on any atom is -0.489 e. The normalized spacial score (nSPS) is 16.0. The van der Waals surface area contributed by atoms with E-state index < -0.39 is 12.1 Å². The minimum absolute atomic E-state index is 0.00150. The van der Waals surface area contributed by atoms with Crippen molar-refractivity contribution in [2.24, 2.45) is 5.18 Å². The SMILES string of the molecule is O=Nc1cccc(C(O)CNC[C@H]2CCc3cc(-c4ccc(C(=O)O)cc4)ccc3O2)c1. The molecule has 164 valence electrons. The van der Waals surface area contributed by atoms with Crippen molar-refractivity contribution < 1.29 is 19.7 Å². The number of aromatic carboxylic acids is 1. The Hall–Kier alpha value is -3.55. The summed E-state index contributed by atoms with van der Waals surface area (Å²) in [5.74, 6) is -0.0895. The molecular formula is C25H24N2O5. The zero-order valence-electron chi connectivity index (χ0n) is 17.4. The number of carboxylic acid groups (broad SMARTS) is 1. The number of hydrogen-bond donors (Lipinski definition) is 3. The summed E-state index contributed by atoms with van der Waals surface area (Å²) in [6.45, 7) is 0.945. The zero-order valence-corrected chi connectivity index (χ0v) is 17.4. The van der Waals surface area contributed by atoms with Gasteiger partial charge >= 0.3 is 5.97 Å². The molecule has 4 rings (SSSR count). The number of carboxylic acids is 1. The van der Waals surface area contributed by atoms with Crippen LogP contribution >= 0.6 is 0 Å². The molecule has 0 bridgehead atoms. The Bertz CT molecular complexity index is 1110. The van der Waals surface area contributed by atoms with Gasteiger partial charge in [-0.1, -0.05) is 30.3 Å². The zero-order chi connectivity index (χ0) is 22.5. The average molecular weight is 432 g/mol. The molecule has 1 aliphatic rings. The lowest BCUT2D eigenvalue weighted by molar-refractivity contribution is 0.0697. The summed E-state index contributed by atoms with van der Waals surface area (Å²) in [4.78, 5) is 21.7. The van der Waals surface area contributed by atoms with E-state index in [1.807, 2.05) is 24.3 Å². The third kappa shape index (κ3) is 5.01. The number of nitrogens with zero attached hydrogens (tertiary/aromatic N) is 1. The standard InChI is InChI=1S/C25H24N2O5/c28-23(19-2-1-3-21(13-19)27-31)15-26-14-22-10-8-20-12-18(9-11-24(20)32-22)16-4-6-17(7-5-16)25(29)30/h1-7,9,11-13,22-23,26,28H,8,10,14-15H2,(H,29,30)/t22-,23?/m1/s1. The van der Waals surface area contributed by atoms with Crippen molar-refractivity contribution in [1.29, 1.82) is 0 Å². The first-order valence-electron chi connectivity index (χ1n) is 10.5. The Labute approximate surface area is 185 Å². The lowest BCUT2D eigenvalue weighted by Crippen LogP contribution is -2.36. The number of aliphatic hydroxyl groups excluding tert-OH is 1. The molecule has 3 aromatic rings. The number of rotatable bonds is 8. The van der Waals surface area contributed by atoms with E-state index in [1.54, 1.807) is 36.4 Å². The van der Waals surface area contributed by atoms with Crippen molar-refractivity contribution in [2.75, 3.05) is 13.1 Å². The maximum Gasteiger partial charge on any atom is 0.335 e. The van der Waals surface area contributed by atoms with E-state index in [4.69, 9.17) is 9.84 Å². The molecule has 1 heterocycles. The van der Waals surface area contributed by atoms with Crippen LogP contribution < -0.4 is 10.1 Å². The van der Waals surface area contributed by atoms with Gasteiger partial charge in [-0.3, -0.25) is 0 Å². The Morgan fingerprint density at radius 3 is 2.62 bits per heavy atom. The maximum atomic E-state index is 11.0. The van der Waals surface area contributed by atoms with Gasteiger partial charge in [-0.15, -0.1) is 4.91 Å². The Morgan fingerprint density at radius 1 is 1.09 bits per heavy atom. The maximum absolute atomic E-state index is 11.0. The monoisotopic (exact) mass is 432 g/mol. The molecule has 0 saturated heterocycles. The van der Waals surface area contributed by atoms with Crippen LogP contribution in [0.5, 0.6) is 5.75 Å². The summed E-state index contributed by atoms with van der Waals surface area (Å²) in [6, 6.07) is 19.5. The molecule has 32 heavy (non-hydrogen) atoms. The van der Waals surface area contributed by atoms with Crippen LogP contribution in [0, 0.1) is 4.91 Å². The molecule has 7 heteroatoms. The molecule has 3 aromatic carbocycles. The summed E-state index contributed by atoms with van der Waals surface area (Å²) in [6.07, 6.45) is 0.987. The quantitative estimate of drug-likeness (QED) is 0.454. The molecular weight excluding hydrogens is 408 g/mol. The second-order valence-electron chi connectivity index (χ2n) is 7.84.